The van der Waals surface area contributed by atoms with Crippen LogP contribution in [0.15, 0.2) is 16.9 Å². The Morgan fingerprint density at radius 3 is 2.60 bits per heavy atom. The number of rotatable bonds is 4. The molecule has 2 aromatic heterocycles. The summed E-state index contributed by atoms with van der Waals surface area (Å²) in [5.74, 6) is 0.869. The van der Waals surface area contributed by atoms with Gasteiger partial charge in [0.2, 0.25) is 11.7 Å². The number of nitrogens with zero attached hydrogens (tertiary/aromatic N) is 4. The number of hydrogen-bond acceptors (Lipinski definition) is 6. The Morgan fingerprint density at radius 2 is 2.10 bits per heavy atom. The molecule has 2 heterocycles. The molecule has 0 aliphatic carbocycles. The zero-order valence-electron chi connectivity index (χ0n) is 12.5. The lowest BCUT2D eigenvalue weighted by molar-refractivity contribution is 0.00718. The summed E-state index contributed by atoms with van der Waals surface area (Å²) in [5.41, 5.74) is 6.80. The van der Waals surface area contributed by atoms with Crippen LogP contribution in [-0.4, -0.2) is 27.0 Å². The maximum Gasteiger partial charge on any atom is 0.248 e. The third-order valence-corrected chi connectivity index (χ3v) is 3.06. The molecule has 0 radical (unpaired) electrons. The Morgan fingerprint density at radius 1 is 1.40 bits per heavy atom. The molecule has 2 aromatic rings. The van der Waals surface area contributed by atoms with Crippen molar-refractivity contribution in [2.24, 2.45) is 18.2 Å². The fourth-order valence-electron chi connectivity index (χ4n) is 2.07. The second kappa shape index (κ2) is 5.34. The molecule has 0 amide bonds. The van der Waals surface area contributed by atoms with Gasteiger partial charge in [0, 0.05) is 25.9 Å². The molecule has 0 saturated carbocycles. The van der Waals surface area contributed by atoms with Crippen LogP contribution in [0.3, 0.4) is 0 Å². The van der Waals surface area contributed by atoms with E-state index in [1.165, 1.54) is 0 Å². The zero-order chi connectivity index (χ0) is 14.9. The summed E-state index contributed by atoms with van der Waals surface area (Å²) < 4.78 is 12.4. The highest BCUT2D eigenvalue weighted by Crippen LogP contribution is 2.34. The minimum Gasteiger partial charge on any atom is -0.373 e. The smallest absolute Gasteiger partial charge is 0.248 e. The standard InChI is InChI=1S/C13H21N5O2/c1-13(2,3)10(19-5)11-16-12(20-17-11)9(14)8-6-15-18(4)7-8/h6-7,9-10H,14H2,1-5H3. The minimum absolute atomic E-state index is 0.131. The van der Waals surface area contributed by atoms with Gasteiger partial charge in [-0.25, -0.2) is 0 Å². The van der Waals surface area contributed by atoms with Crippen molar-refractivity contribution in [1.29, 1.82) is 0 Å². The predicted octanol–water partition coefficient (Wildman–Crippen LogP) is 1.58. The molecule has 0 bridgehead atoms. The molecule has 0 aliphatic heterocycles. The largest absolute Gasteiger partial charge is 0.373 e. The quantitative estimate of drug-likeness (QED) is 0.913. The second-order valence-electron chi connectivity index (χ2n) is 5.90. The molecule has 0 spiro atoms. The average Bonchev–Trinajstić information content (AvgIpc) is 2.96. The first-order valence-corrected chi connectivity index (χ1v) is 6.43. The van der Waals surface area contributed by atoms with Crippen LogP contribution in [0, 0.1) is 5.41 Å². The SMILES string of the molecule is COC(c1noc(C(N)c2cnn(C)c2)n1)C(C)(C)C. The second-order valence-corrected chi connectivity index (χ2v) is 5.90. The van der Waals surface area contributed by atoms with Crippen molar-refractivity contribution in [1.82, 2.24) is 19.9 Å². The van der Waals surface area contributed by atoms with Crippen molar-refractivity contribution < 1.29 is 9.26 Å². The van der Waals surface area contributed by atoms with Crippen LogP contribution >= 0.6 is 0 Å². The maximum absolute atomic E-state index is 6.10. The van der Waals surface area contributed by atoms with Crippen LogP contribution in [-0.2, 0) is 11.8 Å². The lowest BCUT2D eigenvalue weighted by atomic mass is 9.88. The summed E-state index contributed by atoms with van der Waals surface area (Å²) in [5, 5.41) is 8.07. The summed E-state index contributed by atoms with van der Waals surface area (Å²) in [6.07, 6.45) is 3.26. The molecule has 2 N–H and O–H groups in total. The lowest BCUT2D eigenvalue weighted by Crippen LogP contribution is -2.21. The van der Waals surface area contributed by atoms with Gasteiger partial charge in [-0.2, -0.15) is 10.1 Å². The maximum atomic E-state index is 6.10. The van der Waals surface area contributed by atoms with Gasteiger partial charge >= 0.3 is 0 Å². The molecular weight excluding hydrogens is 258 g/mol. The Hall–Kier alpha value is -1.73. The molecule has 2 rings (SSSR count). The molecule has 2 unspecified atom stereocenters. The van der Waals surface area contributed by atoms with Gasteiger partial charge < -0.3 is 15.0 Å². The van der Waals surface area contributed by atoms with Gasteiger partial charge in [-0.15, -0.1) is 0 Å². The first-order valence-electron chi connectivity index (χ1n) is 6.43. The number of aryl methyl sites for hydroxylation is 1. The lowest BCUT2D eigenvalue weighted by Gasteiger charge is -2.26. The molecule has 0 fully saturated rings. The predicted molar refractivity (Wildman–Crippen MR) is 72.7 cm³/mol. The summed E-state index contributed by atoms with van der Waals surface area (Å²) >= 11 is 0. The van der Waals surface area contributed by atoms with E-state index in [4.69, 9.17) is 15.0 Å². The van der Waals surface area contributed by atoms with E-state index in [1.807, 2.05) is 13.2 Å². The van der Waals surface area contributed by atoms with E-state index in [2.05, 4.69) is 36.0 Å². The molecule has 0 aliphatic rings. The zero-order valence-corrected chi connectivity index (χ0v) is 12.5. The van der Waals surface area contributed by atoms with E-state index >= 15 is 0 Å². The summed E-state index contributed by atoms with van der Waals surface area (Å²) in [6.45, 7) is 6.16. The number of methoxy groups -OCH3 is 1. The van der Waals surface area contributed by atoms with Crippen LogP contribution in [0.5, 0.6) is 0 Å². The monoisotopic (exact) mass is 279 g/mol. The van der Waals surface area contributed by atoms with Crippen molar-refractivity contribution in [3.05, 3.63) is 29.7 Å². The number of aromatic nitrogens is 4. The van der Waals surface area contributed by atoms with E-state index in [9.17, 15) is 0 Å². The van der Waals surface area contributed by atoms with Crippen molar-refractivity contribution in [3.63, 3.8) is 0 Å². The van der Waals surface area contributed by atoms with E-state index in [0.29, 0.717) is 11.7 Å². The normalized spacial score (nSPS) is 15.3. The van der Waals surface area contributed by atoms with Gasteiger partial charge in [-0.3, -0.25) is 4.68 Å². The van der Waals surface area contributed by atoms with Crippen LogP contribution in [0.4, 0.5) is 0 Å². The van der Waals surface area contributed by atoms with Crippen molar-refractivity contribution in [2.75, 3.05) is 7.11 Å². The molecular formula is C13H21N5O2. The van der Waals surface area contributed by atoms with Crippen molar-refractivity contribution >= 4 is 0 Å². The Labute approximate surface area is 118 Å². The van der Waals surface area contributed by atoms with Gasteiger partial charge in [0.05, 0.1) is 6.20 Å². The summed E-state index contributed by atoms with van der Waals surface area (Å²) in [4.78, 5) is 4.37. The summed E-state index contributed by atoms with van der Waals surface area (Å²) in [7, 11) is 3.46. The molecule has 7 nitrogen and oxygen atoms in total. The van der Waals surface area contributed by atoms with E-state index in [-0.39, 0.29) is 11.5 Å². The topological polar surface area (TPSA) is 92.0 Å². The van der Waals surface area contributed by atoms with E-state index in [1.54, 1.807) is 18.0 Å². The third-order valence-electron chi connectivity index (χ3n) is 3.06. The fourth-order valence-corrected chi connectivity index (χ4v) is 2.07. The first-order chi connectivity index (χ1) is 9.32. The van der Waals surface area contributed by atoms with Crippen LogP contribution in [0.25, 0.3) is 0 Å². The number of ether oxygens (including phenoxy) is 1. The van der Waals surface area contributed by atoms with Crippen LogP contribution in [0.2, 0.25) is 0 Å². The number of hydrogen-bond donors (Lipinski definition) is 1. The number of nitrogens with two attached hydrogens (primary N) is 1. The highest BCUT2D eigenvalue weighted by molar-refractivity contribution is 5.17. The average molecular weight is 279 g/mol. The van der Waals surface area contributed by atoms with Crippen molar-refractivity contribution in [2.45, 2.75) is 32.9 Å². The molecule has 7 heteroatoms. The summed E-state index contributed by atoms with van der Waals surface area (Å²) in [6, 6.07) is -0.484. The van der Waals surface area contributed by atoms with Gasteiger partial charge in [-0.05, 0) is 5.41 Å². The first kappa shape index (κ1) is 14.7. The molecule has 2 atom stereocenters. The van der Waals surface area contributed by atoms with E-state index in [0.717, 1.165) is 5.56 Å². The highest BCUT2D eigenvalue weighted by Gasteiger charge is 2.31. The molecule has 110 valence electrons. The Balaban J connectivity index is 2.24. The molecule has 0 aromatic carbocycles. The van der Waals surface area contributed by atoms with Gasteiger partial charge in [0.1, 0.15) is 12.1 Å². The fraction of sp³-hybridized carbons (Fsp3) is 0.615. The van der Waals surface area contributed by atoms with Gasteiger partial charge in [0.15, 0.2) is 0 Å². The Bertz CT molecular complexity index is 569. The highest BCUT2D eigenvalue weighted by atomic mass is 16.5. The van der Waals surface area contributed by atoms with E-state index < -0.39 is 6.04 Å². The third kappa shape index (κ3) is 2.88. The minimum atomic E-state index is -0.484. The molecule has 20 heavy (non-hydrogen) atoms. The molecule has 0 saturated heterocycles. The van der Waals surface area contributed by atoms with Gasteiger partial charge in [-0.1, -0.05) is 25.9 Å². The van der Waals surface area contributed by atoms with Crippen LogP contribution in [0.1, 0.15) is 50.2 Å². The van der Waals surface area contributed by atoms with Gasteiger partial charge in [0.25, 0.3) is 0 Å². The van der Waals surface area contributed by atoms with Crippen molar-refractivity contribution in [3.8, 4) is 0 Å². The Kier molecular flexibility index (Phi) is 3.92. The van der Waals surface area contributed by atoms with Crippen LogP contribution < -0.4 is 5.73 Å².